The fraction of sp³-hybridized carbons (Fsp3) is 0.391. The minimum absolute atomic E-state index is 0.00329. The van der Waals surface area contributed by atoms with Crippen molar-refractivity contribution in [2.24, 2.45) is 0 Å². The molecule has 0 saturated carbocycles. The largest absolute Gasteiger partial charge is 0.289 e. The Bertz CT molecular complexity index is 813. The third-order valence-electron chi connectivity index (χ3n) is 4.94. The Labute approximate surface area is 151 Å². The summed E-state index contributed by atoms with van der Waals surface area (Å²) in [6, 6.07) is 3.72. The smallest absolute Gasteiger partial charge is 0.190 e. The SMILES string of the molecule is CC(C)=CCC/C(C)=C/CC1=C(C)C(=O)c2cc(C)c(C)cc2C1=O. The molecule has 0 aromatic heterocycles. The van der Waals surface area contributed by atoms with Gasteiger partial charge in [0.1, 0.15) is 0 Å². The first-order chi connectivity index (χ1) is 11.7. The van der Waals surface area contributed by atoms with Crippen molar-refractivity contribution in [1.29, 1.82) is 0 Å². The first-order valence-electron chi connectivity index (χ1n) is 8.91. The highest BCUT2D eigenvalue weighted by Gasteiger charge is 2.29. The molecule has 0 heterocycles. The van der Waals surface area contributed by atoms with Crippen LogP contribution >= 0.6 is 0 Å². The number of Topliss-reactive ketones (excluding diaryl/α,β-unsaturated/α-hetero) is 2. The highest BCUT2D eigenvalue weighted by Crippen LogP contribution is 2.30. The molecule has 2 rings (SSSR count). The number of ketones is 2. The molecular formula is C23H28O2. The number of rotatable bonds is 5. The lowest BCUT2D eigenvalue weighted by Crippen LogP contribution is -2.21. The van der Waals surface area contributed by atoms with E-state index in [0.717, 1.165) is 24.0 Å². The molecule has 1 aliphatic rings. The third-order valence-corrected chi connectivity index (χ3v) is 4.94. The molecule has 0 amide bonds. The molecule has 1 aliphatic carbocycles. The summed E-state index contributed by atoms with van der Waals surface area (Å²) >= 11 is 0. The Hall–Kier alpha value is -2.22. The molecule has 132 valence electrons. The van der Waals surface area contributed by atoms with Crippen LogP contribution in [-0.2, 0) is 0 Å². The molecule has 0 N–H and O–H groups in total. The van der Waals surface area contributed by atoms with Crippen LogP contribution in [0, 0.1) is 13.8 Å². The molecule has 0 spiro atoms. The molecule has 0 bridgehead atoms. The van der Waals surface area contributed by atoms with Crippen molar-refractivity contribution in [1.82, 2.24) is 0 Å². The number of carbonyl (C=O) groups is 2. The van der Waals surface area contributed by atoms with Gasteiger partial charge in [0.2, 0.25) is 0 Å². The van der Waals surface area contributed by atoms with E-state index in [1.54, 1.807) is 6.92 Å². The van der Waals surface area contributed by atoms with Crippen molar-refractivity contribution in [3.8, 4) is 0 Å². The first kappa shape index (κ1) is 19.1. The van der Waals surface area contributed by atoms with E-state index >= 15 is 0 Å². The molecule has 0 atom stereocenters. The quantitative estimate of drug-likeness (QED) is 0.610. The molecule has 2 nitrogen and oxygen atoms in total. The lowest BCUT2D eigenvalue weighted by molar-refractivity contribution is 0.0973. The highest BCUT2D eigenvalue weighted by atomic mass is 16.1. The van der Waals surface area contributed by atoms with Crippen LogP contribution in [0.4, 0.5) is 0 Å². The van der Waals surface area contributed by atoms with Gasteiger partial charge in [-0.05, 0) is 84.1 Å². The van der Waals surface area contributed by atoms with Gasteiger partial charge >= 0.3 is 0 Å². The number of carbonyl (C=O) groups excluding carboxylic acids is 2. The molecule has 0 saturated heterocycles. The van der Waals surface area contributed by atoms with Crippen LogP contribution in [0.5, 0.6) is 0 Å². The lowest BCUT2D eigenvalue weighted by Gasteiger charge is -2.20. The molecule has 25 heavy (non-hydrogen) atoms. The predicted octanol–water partition coefficient (Wildman–Crippen LogP) is 6.08. The van der Waals surface area contributed by atoms with E-state index < -0.39 is 0 Å². The normalized spacial score (nSPS) is 14.7. The van der Waals surface area contributed by atoms with E-state index in [0.29, 0.717) is 28.7 Å². The lowest BCUT2D eigenvalue weighted by atomic mass is 9.81. The first-order valence-corrected chi connectivity index (χ1v) is 8.91. The van der Waals surface area contributed by atoms with Crippen LogP contribution < -0.4 is 0 Å². The Kier molecular flexibility index (Phi) is 5.94. The van der Waals surface area contributed by atoms with Gasteiger partial charge in [-0.25, -0.2) is 0 Å². The zero-order valence-electron chi connectivity index (χ0n) is 16.2. The zero-order chi connectivity index (χ0) is 18.7. The van der Waals surface area contributed by atoms with Gasteiger partial charge in [0.25, 0.3) is 0 Å². The van der Waals surface area contributed by atoms with Gasteiger partial charge in [0, 0.05) is 22.3 Å². The average Bonchev–Trinajstić information content (AvgIpc) is 2.54. The maximum absolute atomic E-state index is 12.9. The van der Waals surface area contributed by atoms with E-state index in [1.807, 2.05) is 26.0 Å². The van der Waals surface area contributed by atoms with Crippen LogP contribution in [0.2, 0.25) is 0 Å². The van der Waals surface area contributed by atoms with Gasteiger partial charge in [-0.2, -0.15) is 0 Å². The van der Waals surface area contributed by atoms with Crippen LogP contribution in [0.1, 0.15) is 78.8 Å². The Balaban J connectivity index is 2.25. The van der Waals surface area contributed by atoms with E-state index in [4.69, 9.17) is 0 Å². The summed E-state index contributed by atoms with van der Waals surface area (Å²) in [5, 5.41) is 0. The van der Waals surface area contributed by atoms with Crippen LogP contribution in [0.3, 0.4) is 0 Å². The Morgan fingerprint density at radius 2 is 1.44 bits per heavy atom. The topological polar surface area (TPSA) is 34.1 Å². The number of fused-ring (bicyclic) bond motifs is 1. The second kappa shape index (κ2) is 7.77. The predicted molar refractivity (Wildman–Crippen MR) is 104 cm³/mol. The monoisotopic (exact) mass is 336 g/mol. The van der Waals surface area contributed by atoms with E-state index in [-0.39, 0.29) is 11.6 Å². The van der Waals surface area contributed by atoms with Crippen LogP contribution in [0.25, 0.3) is 0 Å². The van der Waals surface area contributed by atoms with Crippen molar-refractivity contribution in [2.45, 2.75) is 60.8 Å². The Morgan fingerprint density at radius 3 is 2.00 bits per heavy atom. The summed E-state index contributed by atoms with van der Waals surface area (Å²) in [5.41, 5.74) is 7.02. The van der Waals surface area contributed by atoms with Crippen molar-refractivity contribution < 1.29 is 9.59 Å². The summed E-state index contributed by atoms with van der Waals surface area (Å²) in [6.07, 6.45) is 6.84. The van der Waals surface area contributed by atoms with Gasteiger partial charge in [0.05, 0.1) is 0 Å². The van der Waals surface area contributed by atoms with Gasteiger partial charge in [-0.3, -0.25) is 9.59 Å². The maximum Gasteiger partial charge on any atom is 0.190 e. The number of hydrogen-bond donors (Lipinski definition) is 0. The Morgan fingerprint density at radius 1 is 0.880 bits per heavy atom. The molecule has 0 fully saturated rings. The van der Waals surface area contributed by atoms with Gasteiger partial charge < -0.3 is 0 Å². The molecular weight excluding hydrogens is 308 g/mol. The van der Waals surface area contributed by atoms with E-state index in [1.165, 1.54) is 11.1 Å². The number of benzene rings is 1. The molecule has 0 radical (unpaired) electrons. The van der Waals surface area contributed by atoms with Crippen LogP contribution in [0.15, 0.2) is 46.6 Å². The minimum Gasteiger partial charge on any atom is -0.289 e. The summed E-state index contributed by atoms with van der Waals surface area (Å²) in [5.74, 6) is -0.00755. The fourth-order valence-electron chi connectivity index (χ4n) is 3.08. The second-order valence-corrected chi connectivity index (χ2v) is 7.32. The number of aryl methyl sites for hydroxylation is 2. The summed E-state index contributed by atoms with van der Waals surface area (Å²) in [4.78, 5) is 25.6. The number of allylic oxidation sites excluding steroid dienone is 6. The minimum atomic E-state index is -0.0108. The van der Waals surface area contributed by atoms with Gasteiger partial charge in [-0.15, -0.1) is 0 Å². The van der Waals surface area contributed by atoms with Crippen molar-refractivity contribution in [3.63, 3.8) is 0 Å². The maximum atomic E-state index is 12.9. The third kappa shape index (κ3) is 4.25. The van der Waals surface area contributed by atoms with Gasteiger partial charge in [-0.1, -0.05) is 23.3 Å². The van der Waals surface area contributed by atoms with Crippen molar-refractivity contribution in [2.75, 3.05) is 0 Å². The van der Waals surface area contributed by atoms with Crippen LogP contribution in [-0.4, -0.2) is 11.6 Å². The van der Waals surface area contributed by atoms with Gasteiger partial charge in [0.15, 0.2) is 11.6 Å². The van der Waals surface area contributed by atoms with E-state index in [9.17, 15) is 9.59 Å². The molecule has 1 aromatic rings. The van der Waals surface area contributed by atoms with Crippen molar-refractivity contribution >= 4 is 11.6 Å². The van der Waals surface area contributed by atoms with Crippen molar-refractivity contribution in [3.05, 3.63) is 68.8 Å². The summed E-state index contributed by atoms with van der Waals surface area (Å²) in [7, 11) is 0. The second-order valence-electron chi connectivity index (χ2n) is 7.32. The molecule has 1 aromatic carbocycles. The molecule has 0 aliphatic heterocycles. The molecule has 0 unspecified atom stereocenters. The molecule has 2 heteroatoms. The standard InChI is InChI=1S/C23H28O2/c1-14(2)8-7-9-15(3)10-11-19-18(6)22(24)20-12-16(4)17(5)13-21(20)23(19)25/h8,10,12-13H,7,9,11H2,1-6H3/b15-10+. The summed E-state index contributed by atoms with van der Waals surface area (Å²) in [6.45, 7) is 12.0. The summed E-state index contributed by atoms with van der Waals surface area (Å²) < 4.78 is 0. The zero-order valence-corrected chi connectivity index (χ0v) is 16.2. The van der Waals surface area contributed by atoms with E-state index in [2.05, 4.69) is 32.9 Å². The number of hydrogen-bond acceptors (Lipinski definition) is 2. The highest BCUT2D eigenvalue weighted by molar-refractivity contribution is 6.26. The average molecular weight is 336 g/mol. The fourth-order valence-corrected chi connectivity index (χ4v) is 3.08.